The predicted octanol–water partition coefficient (Wildman–Crippen LogP) is 1.50. The van der Waals surface area contributed by atoms with Crippen LogP contribution in [0.25, 0.3) is 0 Å². The van der Waals surface area contributed by atoms with E-state index in [0.717, 1.165) is 0 Å². The van der Waals surface area contributed by atoms with E-state index in [2.05, 4.69) is 26.5 Å². The number of halogens is 3. The average Bonchev–Trinajstić information content (AvgIpc) is 3.08. The maximum absolute atomic E-state index is 13.7. The van der Waals surface area contributed by atoms with Gasteiger partial charge in [0.25, 0.3) is 0 Å². The summed E-state index contributed by atoms with van der Waals surface area (Å²) in [7, 11) is 0. The highest BCUT2D eigenvalue weighted by Crippen LogP contribution is 2.31. The molecule has 0 aromatic rings. The SMILES string of the molecule is CCOCCN=C(NC(=O)C1CCC(F)C(F)C1)NC1NNC2CC(F)CCC21. The predicted molar refractivity (Wildman–Crippen MR) is 103 cm³/mol. The summed E-state index contributed by atoms with van der Waals surface area (Å²) in [5.41, 5.74) is 6.23. The molecule has 2 aliphatic carbocycles. The molecule has 3 aliphatic rings. The highest BCUT2D eigenvalue weighted by Gasteiger charge is 2.41. The molecule has 3 rings (SSSR count). The molecular weight excluding hydrogens is 387 g/mol. The van der Waals surface area contributed by atoms with Crippen LogP contribution < -0.4 is 21.5 Å². The molecule has 7 unspecified atom stereocenters. The summed E-state index contributed by atoms with van der Waals surface area (Å²) in [6.07, 6.45) is -2.21. The number of rotatable bonds is 6. The van der Waals surface area contributed by atoms with Gasteiger partial charge in [0, 0.05) is 24.5 Å². The van der Waals surface area contributed by atoms with E-state index >= 15 is 0 Å². The van der Waals surface area contributed by atoms with E-state index in [9.17, 15) is 18.0 Å². The van der Waals surface area contributed by atoms with Crippen molar-refractivity contribution in [2.75, 3.05) is 19.8 Å². The minimum absolute atomic E-state index is 0.0174. The van der Waals surface area contributed by atoms with E-state index in [1.165, 1.54) is 0 Å². The van der Waals surface area contributed by atoms with Crippen LogP contribution >= 0.6 is 0 Å². The summed E-state index contributed by atoms with van der Waals surface area (Å²) in [5.74, 6) is -0.513. The summed E-state index contributed by atoms with van der Waals surface area (Å²) in [5, 5.41) is 5.94. The Kier molecular flexibility index (Phi) is 8.14. The van der Waals surface area contributed by atoms with Crippen LogP contribution in [-0.4, -0.2) is 62.3 Å². The van der Waals surface area contributed by atoms with Gasteiger partial charge in [-0.05, 0) is 45.4 Å². The molecule has 1 saturated heterocycles. The Morgan fingerprint density at radius 3 is 2.69 bits per heavy atom. The van der Waals surface area contributed by atoms with Crippen molar-refractivity contribution in [3.8, 4) is 0 Å². The fourth-order valence-electron chi connectivity index (χ4n) is 4.32. The maximum atomic E-state index is 13.7. The zero-order valence-electron chi connectivity index (χ0n) is 16.8. The largest absolute Gasteiger partial charge is 0.380 e. The zero-order chi connectivity index (χ0) is 20.8. The number of hydrogen-bond donors (Lipinski definition) is 4. The lowest BCUT2D eigenvalue weighted by atomic mass is 9.83. The number of ether oxygens (including phenoxy) is 1. The van der Waals surface area contributed by atoms with E-state index in [4.69, 9.17) is 4.74 Å². The summed E-state index contributed by atoms with van der Waals surface area (Å²) in [4.78, 5) is 17.0. The Morgan fingerprint density at radius 2 is 1.93 bits per heavy atom. The Balaban J connectivity index is 1.59. The molecule has 0 radical (unpaired) electrons. The van der Waals surface area contributed by atoms with E-state index in [0.29, 0.717) is 45.4 Å². The van der Waals surface area contributed by atoms with Gasteiger partial charge in [-0.2, -0.15) is 0 Å². The van der Waals surface area contributed by atoms with Crippen molar-refractivity contribution < 1.29 is 22.7 Å². The molecule has 10 heteroatoms. The normalized spacial score (nSPS) is 37.8. The quantitative estimate of drug-likeness (QED) is 0.298. The Hall–Kier alpha value is -1.39. The van der Waals surface area contributed by atoms with Crippen LogP contribution in [-0.2, 0) is 9.53 Å². The Labute approximate surface area is 169 Å². The van der Waals surface area contributed by atoms with Gasteiger partial charge in [-0.1, -0.05) is 0 Å². The third-order valence-corrected chi connectivity index (χ3v) is 6.00. The first-order valence-corrected chi connectivity index (χ1v) is 10.6. The number of carbonyl (C=O) groups is 1. The Morgan fingerprint density at radius 1 is 1.10 bits per heavy atom. The molecule has 2 saturated carbocycles. The smallest absolute Gasteiger partial charge is 0.229 e. The van der Waals surface area contributed by atoms with Crippen LogP contribution in [0.3, 0.4) is 0 Å². The number of guanidine groups is 1. The molecule has 0 aromatic carbocycles. The highest BCUT2D eigenvalue weighted by atomic mass is 19.2. The first-order valence-electron chi connectivity index (χ1n) is 10.6. The number of hydrogen-bond acceptors (Lipinski definition) is 5. The molecule has 4 N–H and O–H groups in total. The minimum Gasteiger partial charge on any atom is -0.380 e. The molecule has 1 heterocycles. The van der Waals surface area contributed by atoms with Gasteiger partial charge in [-0.3, -0.25) is 20.5 Å². The van der Waals surface area contributed by atoms with Crippen LogP contribution in [0.2, 0.25) is 0 Å². The van der Waals surface area contributed by atoms with Crippen LogP contribution in [0.15, 0.2) is 4.99 Å². The van der Waals surface area contributed by atoms with Crippen LogP contribution in [0, 0.1) is 11.8 Å². The molecule has 166 valence electrons. The van der Waals surface area contributed by atoms with Crippen LogP contribution in [0.4, 0.5) is 13.2 Å². The van der Waals surface area contributed by atoms with Crippen LogP contribution in [0.1, 0.15) is 45.4 Å². The molecule has 7 atom stereocenters. The fourth-order valence-corrected chi connectivity index (χ4v) is 4.32. The number of aliphatic imine (C=N–C) groups is 1. The number of amides is 1. The monoisotopic (exact) mass is 419 g/mol. The van der Waals surface area contributed by atoms with E-state index in [1.54, 1.807) is 0 Å². The summed E-state index contributed by atoms with van der Waals surface area (Å²) in [6.45, 7) is 3.20. The Bertz CT molecular complexity index is 582. The number of nitrogens with one attached hydrogen (secondary N) is 4. The van der Waals surface area contributed by atoms with Crippen molar-refractivity contribution in [3.05, 3.63) is 0 Å². The maximum Gasteiger partial charge on any atom is 0.229 e. The molecule has 0 aromatic heterocycles. The highest BCUT2D eigenvalue weighted by molar-refractivity contribution is 5.98. The number of alkyl halides is 3. The van der Waals surface area contributed by atoms with E-state index < -0.39 is 24.4 Å². The molecule has 0 spiro atoms. The molecule has 29 heavy (non-hydrogen) atoms. The second kappa shape index (κ2) is 10.6. The molecule has 0 bridgehead atoms. The van der Waals surface area contributed by atoms with Gasteiger partial charge in [0.1, 0.15) is 18.5 Å². The molecule has 3 fully saturated rings. The van der Waals surface area contributed by atoms with Gasteiger partial charge in [-0.15, -0.1) is 0 Å². The minimum atomic E-state index is -1.61. The van der Waals surface area contributed by atoms with Gasteiger partial charge >= 0.3 is 0 Å². The molecule has 1 aliphatic heterocycles. The second-order valence-electron chi connectivity index (χ2n) is 8.05. The third-order valence-electron chi connectivity index (χ3n) is 6.00. The fraction of sp³-hybridized carbons (Fsp3) is 0.895. The average molecular weight is 419 g/mol. The number of nitrogens with zero attached hydrogens (tertiary/aromatic N) is 1. The van der Waals surface area contributed by atoms with E-state index in [-0.39, 0.29) is 42.8 Å². The third kappa shape index (κ3) is 6.05. The first-order chi connectivity index (χ1) is 14.0. The molecule has 1 amide bonds. The summed E-state index contributed by atoms with van der Waals surface area (Å²) in [6, 6.07) is 0.0174. The number of fused-ring (bicyclic) bond motifs is 1. The van der Waals surface area contributed by atoms with Gasteiger partial charge < -0.3 is 10.1 Å². The van der Waals surface area contributed by atoms with Crippen LogP contribution in [0.5, 0.6) is 0 Å². The van der Waals surface area contributed by atoms with Crippen molar-refractivity contribution >= 4 is 11.9 Å². The second-order valence-corrected chi connectivity index (χ2v) is 8.05. The number of carbonyl (C=O) groups excluding carboxylic acids is 1. The summed E-state index contributed by atoms with van der Waals surface area (Å²) >= 11 is 0. The number of hydrazine groups is 1. The van der Waals surface area contributed by atoms with Crippen molar-refractivity contribution in [1.29, 1.82) is 0 Å². The van der Waals surface area contributed by atoms with Crippen molar-refractivity contribution in [1.82, 2.24) is 21.5 Å². The molecule has 7 nitrogen and oxygen atoms in total. The first kappa shape index (κ1) is 22.3. The zero-order valence-corrected chi connectivity index (χ0v) is 16.8. The standard InChI is InChI=1S/C19H32F3N5O2/c1-2-29-8-7-23-19(25-18(28)11-3-6-14(21)15(22)9-11)24-17-13-5-4-12(20)10-16(13)26-27-17/h11-17,26-27H,2-10H2,1H3,(H2,23,24,25,28). The topological polar surface area (TPSA) is 86.8 Å². The lowest BCUT2D eigenvalue weighted by molar-refractivity contribution is -0.125. The molecular formula is C19H32F3N5O2. The van der Waals surface area contributed by atoms with E-state index in [1.807, 2.05) is 6.92 Å². The van der Waals surface area contributed by atoms with Crippen molar-refractivity contribution in [2.24, 2.45) is 16.8 Å². The van der Waals surface area contributed by atoms with Gasteiger partial charge in [-0.25, -0.2) is 18.6 Å². The van der Waals surface area contributed by atoms with Gasteiger partial charge in [0.15, 0.2) is 5.96 Å². The van der Waals surface area contributed by atoms with Gasteiger partial charge in [0.2, 0.25) is 5.91 Å². The van der Waals surface area contributed by atoms with Crippen molar-refractivity contribution in [3.63, 3.8) is 0 Å². The lowest BCUT2D eigenvalue weighted by Gasteiger charge is -2.30. The summed E-state index contributed by atoms with van der Waals surface area (Å²) < 4.78 is 46.0. The van der Waals surface area contributed by atoms with Crippen molar-refractivity contribution in [2.45, 2.75) is 76.2 Å². The van der Waals surface area contributed by atoms with Gasteiger partial charge in [0.05, 0.1) is 19.3 Å². The lowest BCUT2D eigenvalue weighted by Crippen LogP contribution is -2.54.